The molecule has 0 amide bonds. The van der Waals surface area contributed by atoms with Crippen LogP contribution in [0.15, 0.2) is 40.0 Å². The molecule has 0 bridgehead atoms. The molecule has 74 valence electrons. The summed E-state index contributed by atoms with van der Waals surface area (Å²) in [7, 11) is 0. The summed E-state index contributed by atoms with van der Waals surface area (Å²) in [5, 5.41) is 3.88. The summed E-state index contributed by atoms with van der Waals surface area (Å²) in [5.41, 5.74) is 2.32. The van der Waals surface area contributed by atoms with Crippen LogP contribution in [0, 0.1) is 0 Å². The van der Waals surface area contributed by atoms with Gasteiger partial charge < -0.3 is 5.32 Å². The van der Waals surface area contributed by atoms with Crippen LogP contribution in [0.3, 0.4) is 0 Å². The Kier molecular flexibility index (Phi) is 3.17. The third kappa shape index (κ3) is 2.34. The zero-order valence-corrected chi connectivity index (χ0v) is 8.72. The summed E-state index contributed by atoms with van der Waals surface area (Å²) in [4.78, 5) is 4.36. The van der Waals surface area contributed by atoms with Crippen LogP contribution < -0.4 is 5.32 Å². The van der Waals surface area contributed by atoms with E-state index in [9.17, 15) is 0 Å². The van der Waals surface area contributed by atoms with E-state index >= 15 is 0 Å². The highest BCUT2D eigenvalue weighted by Gasteiger charge is 2.08. The van der Waals surface area contributed by atoms with Crippen molar-refractivity contribution in [2.24, 2.45) is 4.99 Å². The Morgan fingerprint density at radius 3 is 3.07 bits per heavy atom. The normalized spacial score (nSPS) is 22.2. The molecular weight excluding hydrogens is 196 g/mol. The minimum Gasteiger partial charge on any atom is -0.313 e. The number of nitrogens with zero attached hydrogens (tertiary/aromatic N) is 1. The van der Waals surface area contributed by atoms with E-state index in [1.165, 1.54) is 5.57 Å². The molecule has 2 nitrogen and oxygen atoms in total. The van der Waals surface area contributed by atoms with Gasteiger partial charge in [-0.05, 0) is 37.1 Å². The van der Waals surface area contributed by atoms with Crippen LogP contribution >= 0.6 is 11.6 Å². The van der Waals surface area contributed by atoms with Gasteiger partial charge in [0.25, 0.3) is 0 Å². The van der Waals surface area contributed by atoms with Crippen molar-refractivity contribution < 1.29 is 0 Å². The number of hydrogen-bond donors (Lipinski definition) is 1. The van der Waals surface area contributed by atoms with Gasteiger partial charge in [-0.2, -0.15) is 0 Å². The lowest BCUT2D eigenvalue weighted by Crippen LogP contribution is -2.22. The Morgan fingerprint density at radius 1 is 1.36 bits per heavy atom. The molecule has 0 saturated heterocycles. The van der Waals surface area contributed by atoms with Crippen molar-refractivity contribution in [2.45, 2.75) is 12.8 Å². The maximum atomic E-state index is 5.93. The predicted octanol–water partition coefficient (Wildman–Crippen LogP) is 2.39. The highest BCUT2D eigenvalue weighted by atomic mass is 35.5. The van der Waals surface area contributed by atoms with Gasteiger partial charge in [-0.1, -0.05) is 23.8 Å². The molecule has 0 unspecified atom stereocenters. The van der Waals surface area contributed by atoms with E-state index in [0.717, 1.165) is 31.6 Å². The molecule has 2 heterocycles. The zero-order valence-electron chi connectivity index (χ0n) is 7.96. The minimum absolute atomic E-state index is 0.601. The number of nitrogens with one attached hydrogen (secondary N) is 1. The molecule has 2 aliphatic heterocycles. The van der Waals surface area contributed by atoms with Crippen molar-refractivity contribution in [2.75, 3.05) is 13.1 Å². The molecule has 2 aliphatic rings. The first-order valence-corrected chi connectivity index (χ1v) is 5.25. The van der Waals surface area contributed by atoms with Gasteiger partial charge in [0.15, 0.2) is 0 Å². The first-order valence-electron chi connectivity index (χ1n) is 4.87. The van der Waals surface area contributed by atoms with E-state index in [-0.39, 0.29) is 0 Å². The summed E-state index contributed by atoms with van der Waals surface area (Å²) in [6.45, 7) is 1.96. The number of allylic oxidation sites excluding steroid dienone is 3. The molecule has 0 saturated carbocycles. The van der Waals surface area contributed by atoms with Gasteiger partial charge in [0.1, 0.15) is 5.16 Å². The van der Waals surface area contributed by atoms with Crippen LogP contribution in [0.5, 0.6) is 0 Å². The van der Waals surface area contributed by atoms with Crippen molar-refractivity contribution in [3.05, 3.63) is 35.0 Å². The molecule has 0 spiro atoms. The lowest BCUT2D eigenvalue weighted by Gasteiger charge is -2.13. The summed E-state index contributed by atoms with van der Waals surface area (Å²) in [6.07, 6.45) is 10.2. The van der Waals surface area contributed by atoms with Crippen LogP contribution in [0.25, 0.3) is 0 Å². The molecule has 0 aromatic carbocycles. The van der Waals surface area contributed by atoms with Crippen molar-refractivity contribution in [1.82, 2.24) is 5.32 Å². The largest absolute Gasteiger partial charge is 0.313 e. The maximum Gasteiger partial charge on any atom is 0.126 e. The quantitative estimate of drug-likeness (QED) is 0.658. The van der Waals surface area contributed by atoms with Crippen LogP contribution in [-0.2, 0) is 0 Å². The first-order chi connectivity index (χ1) is 6.86. The summed E-state index contributed by atoms with van der Waals surface area (Å²) in [6, 6.07) is 0. The van der Waals surface area contributed by atoms with E-state index in [2.05, 4.69) is 28.5 Å². The van der Waals surface area contributed by atoms with Crippen LogP contribution in [-0.4, -0.2) is 18.8 Å². The fourth-order valence-corrected chi connectivity index (χ4v) is 1.76. The summed E-state index contributed by atoms with van der Waals surface area (Å²) >= 11 is 5.93. The second-order valence-electron chi connectivity index (χ2n) is 3.35. The number of aliphatic imine (C=N–C) groups is 1. The predicted molar refractivity (Wildman–Crippen MR) is 60.7 cm³/mol. The molecule has 2 rings (SSSR count). The minimum atomic E-state index is 0.601. The number of rotatable bonds is 1. The van der Waals surface area contributed by atoms with Gasteiger partial charge in [-0.15, -0.1) is 0 Å². The third-order valence-corrected chi connectivity index (χ3v) is 2.56. The van der Waals surface area contributed by atoms with Crippen molar-refractivity contribution in [3.8, 4) is 0 Å². The molecule has 14 heavy (non-hydrogen) atoms. The van der Waals surface area contributed by atoms with Gasteiger partial charge in [0.2, 0.25) is 0 Å². The number of hydrogen-bond acceptors (Lipinski definition) is 2. The van der Waals surface area contributed by atoms with Crippen molar-refractivity contribution >= 4 is 17.3 Å². The Hall–Kier alpha value is -0.860. The zero-order chi connectivity index (χ0) is 9.80. The monoisotopic (exact) mass is 208 g/mol. The molecule has 0 fully saturated rings. The van der Waals surface area contributed by atoms with Gasteiger partial charge in [-0.25, -0.2) is 4.99 Å². The second kappa shape index (κ2) is 4.58. The van der Waals surface area contributed by atoms with E-state index < -0.39 is 0 Å². The first kappa shape index (κ1) is 9.69. The second-order valence-corrected chi connectivity index (χ2v) is 3.73. The molecule has 1 N–H and O–H groups in total. The van der Waals surface area contributed by atoms with Gasteiger partial charge in [0.05, 0.1) is 5.71 Å². The van der Waals surface area contributed by atoms with E-state index in [1.807, 2.05) is 6.08 Å². The topological polar surface area (TPSA) is 24.4 Å². The molecule has 0 aromatic heterocycles. The van der Waals surface area contributed by atoms with Crippen LogP contribution in [0.2, 0.25) is 0 Å². The molecule has 0 atom stereocenters. The summed E-state index contributed by atoms with van der Waals surface area (Å²) < 4.78 is 0. The molecular formula is C11H13ClN2. The fourth-order valence-electron chi connectivity index (χ4n) is 1.58. The Bertz CT molecular complexity index is 337. The highest BCUT2D eigenvalue weighted by Crippen LogP contribution is 2.16. The Morgan fingerprint density at radius 2 is 2.29 bits per heavy atom. The van der Waals surface area contributed by atoms with Crippen LogP contribution in [0.4, 0.5) is 0 Å². The average Bonchev–Trinajstić information content (AvgIpc) is 2.44. The standard InChI is InChI=1S/C11H13ClN2/c12-11-4-2-1-3-10(14-11)9-5-7-13-8-6-9/h1,3-5,13H,2,6-8H2. The van der Waals surface area contributed by atoms with E-state index in [1.54, 1.807) is 0 Å². The fraction of sp³-hybridized carbons (Fsp3) is 0.364. The highest BCUT2D eigenvalue weighted by molar-refractivity contribution is 6.30. The number of halogens is 1. The van der Waals surface area contributed by atoms with E-state index in [4.69, 9.17) is 11.6 Å². The Labute approximate surface area is 89.1 Å². The van der Waals surface area contributed by atoms with Gasteiger partial charge in [0, 0.05) is 6.54 Å². The SMILES string of the molecule is ClC1=CCC=CC(C2=CCNCC2)=N1. The van der Waals surface area contributed by atoms with Crippen molar-refractivity contribution in [3.63, 3.8) is 0 Å². The molecule has 0 radical (unpaired) electrons. The Balaban J connectivity index is 2.23. The molecule has 0 aromatic rings. The van der Waals surface area contributed by atoms with Crippen LogP contribution in [0.1, 0.15) is 12.8 Å². The van der Waals surface area contributed by atoms with Crippen molar-refractivity contribution in [1.29, 1.82) is 0 Å². The lowest BCUT2D eigenvalue weighted by molar-refractivity contribution is 0.717. The summed E-state index contributed by atoms with van der Waals surface area (Å²) in [5.74, 6) is 0. The van der Waals surface area contributed by atoms with E-state index in [0.29, 0.717) is 5.16 Å². The van der Waals surface area contributed by atoms with Gasteiger partial charge >= 0.3 is 0 Å². The lowest BCUT2D eigenvalue weighted by atomic mass is 10.0. The smallest absolute Gasteiger partial charge is 0.126 e. The van der Waals surface area contributed by atoms with Gasteiger partial charge in [-0.3, -0.25) is 0 Å². The molecule has 3 heteroatoms. The average molecular weight is 209 g/mol. The maximum absolute atomic E-state index is 5.93. The molecule has 0 aliphatic carbocycles. The third-order valence-electron chi connectivity index (χ3n) is 2.32.